The minimum atomic E-state index is 0.754. The molecule has 2 aromatic carbocycles. The first-order valence-corrected chi connectivity index (χ1v) is 6.58. The standard InChI is InChI=1S/C17H17N3/c1-20(2)13-8-10-16-12(11-13)7-9-17(19-16)14-5-3-4-6-15(14)18/h3-11H,18H2,1-2H3. The van der Waals surface area contributed by atoms with Crippen molar-refractivity contribution in [1.82, 2.24) is 4.98 Å². The number of benzene rings is 2. The Morgan fingerprint density at radius 1 is 0.950 bits per heavy atom. The lowest BCUT2D eigenvalue weighted by atomic mass is 10.1. The van der Waals surface area contributed by atoms with Crippen LogP contribution in [0.25, 0.3) is 22.2 Å². The molecule has 3 aromatic rings. The number of nitrogen functional groups attached to an aromatic ring is 1. The maximum Gasteiger partial charge on any atom is 0.0730 e. The summed E-state index contributed by atoms with van der Waals surface area (Å²) in [5, 5.41) is 1.13. The Morgan fingerprint density at radius 3 is 2.50 bits per heavy atom. The molecule has 100 valence electrons. The molecule has 0 spiro atoms. The number of pyridine rings is 1. The van der Waals surface area contributed by atoms with Crippen molar-refractivity contribution >= 4 is 22.3 Å². The van der Waals surface area contributed by atoms with Gasteiger partial charge in [-0.2, -0.15) is 0 Å². The SMILES string of the molecule is CN(C)c1ccc2nc(-c3ccccc3N)ccc2c1. The number of nitrogens with zero attached hydrogens (tertiary/aromatic N) is 2. The lowest BCUT2D eigenvalue weighted by molar-refractivity contribution is 1.13. The first-order chi connectivity index (χ1) is 9.65. The van der Waals surface area contributed by atoms with E-state index < -0.39 is 0 Å². The first-order valence-electron chi connectivity index (χ1n) is 6.58. The van der Waals surface area contributed by atoms with E-state index in [1.165, 1.54) is 5.69 Å². The largest absolute Gasteiger partial charge is 0.398 e. The molecule has 0 saturated carbocycles. The molecule has 0 aliphatic rings. The summed E-state index contributed by atoms with van der Waals surface area (Å²) in [4.78, 5) is 6.79. The Hall–Kier alpha value is -2.55. The summed E-state index contributed by atoms with van der Waals surface area (Å²) in [6, 6.07) is 18.2. The maximum absolute atomic E-state index is 6.01. The van der Waals surface area contributed by atoms with E-state index >= 15 is 0 Å². The average molecular weight is 263 g/mol. The van der Waals surface area contributed by atoms with Crippen LogP contribution in [0.3, 0.4) is 0 Å². The van der Waals surface area contributed by atoms with Gasteiger partial charge in [0.25, 0.3) is 0 Å². The van der Waals surface area contributed by atoms with Crippen molar-refractivity contribution in [3.63, 3.8) is 0 Å². The van der Waals surface area contributed by atoms with Crippen LogP contribution in [0.5, 0.6) is 0 Å². The molecule has 3 nitrogen and oxygen atoms in total. The van der Waals surface area contributed by atoms with Crippen molar-refractivity contribution in [2.45, 2.75) is 0 Å². The van der Waals surface area contributed by atoms with Gasteiger partial charge >= 0.3 is 0 Å². The summed E-state index contributed by atoms with van der Waals surface area (Å²) in [7, 11) is 4.07. The summed E-state index contributed by atoms with van der Waals surface area (Å²) in [5.41, 5.74) is 10.8. The summed E-state index contributed by atoms with van der Waals surface area (Å²) in [6.45, 7) is 0. The zero-order valence-corrected chi connectivity index (χ0v) is 11.7. The van der Waals surface area contributed by atoms with Crippen LogP contribution in [0.1, 0.15) is 0 Å². The molecule has 0 atom stereocenters. The van der Waals surface area contributed by atoms with Gasteiger partial charge in [0, 0.05) is 36.4 Å². The molecule has 20 heavy (non-hydrogen) atoms. The van der Waals surface area contributed by atoms with E-state index in [1.807, 2.05) is 50.5 Å². The van der Waals surface area contributed by atoms with Gasteiger partial charge in [0.05, 0.1) is 11.2 Å². The molecule has 0 saturated heterocycles. The van der Waals surface area contributed by atoms with Crippen LogP contribution in [0.15, 0.2) is 54.6 Å². The summed E-state index contributed by atoms with van der Waals surface area (Å²) in [6.07, 6.45) is 0. The van der Waals surface area contributed by atoms with Crippen LogP contribution < -0.4 is 10.6 Å². The highest BCUT2D eigenvalue weighted by molar-refractivity contribution is 5.86. The van der Waals surface area contributed by atoms with Crippen LogP contribution in [-0.2, 0) is 0 Å². The molecule has 0 aliphatic carbocycles. The molecule has 0 fully saturated rings. The molecule has 2 N–H and O–H groups in total. The fraction of sp³-hybridized carbons (Fsp3) is 0.118. The van der Waals surface area contributed by atoms with Gasteiger partial charge < -0.3 is 10.6 Å². The number of hydrogen-bond acceptors (Lipinski definition) is 3. The van der Waals surface area contributed by atoms with Gasteiger partial charge in [-0.15, -0.1) is 0 Å². The number of para-hydroxylation sites is 1. The molecule has 1 aromatic heterocycles. The maximum atomic E-state index is 6.01. The van der Waals surface area contributed by atoms with Crippen molar-refractivity contribution in [3.8, 4) is 11.3 Å². The third-order valence-corrected chi connectivity index (χ3v) is 3.43. The predicted molar refractivity (Wildman–Crippen MR) is 85.9 cm³/mol. The highest BCUT2D eigenvalue weighted by Gasteiger charge is 2.05. The Balaban J connectivity index is 2.12. The highest BCUT2D eigenvalue weighted by atomic mass is 15.1. The van der Waals surface area contributed by atoms with Gasteiger partial charge in [0.15, 0.2) is 0 Å². The van der Waals surface area contributed by atoms with E-state index in [2.05, 4.69) is 23.1 Å². The lowest BCUT2D eigenvalue weighted by Crippen LogP contribution is -2.08. The van der Waals surface area contributed by atoms with Gasteiger partial charge in [0.2, 0.25) is 0 Å². The molecule has 0 bridgehead atoms. The van der Waals surface area contributed by atoms with Gasteiger partial charge in [0.1, 0.15) is 0 Å². The second-order valence-corrected chi connectivity index (χ2v) is 5.06. The molecule has 0 unspecified atom stereocenters. The Kier molecular flexibility index (Phi) is 3.03. The van der Waals surface area contributed by atoms with Crippen LogP contribution in [0.2, 0.25) is 0 Å². The van der Waals surface area contributed by atoms with Gasteiger partial charge in [-0.3, -0.25) is 0 Å². The predicted octanol–water partition coefficient (Wildman–Crippen LogP) is 3.55. The molecule has 0 aliphatic heterocycles. The monoisotopic (exact) mass is 263 g/mol. The number of nitrogens with two attached hydrogens (primary N) is 1. The highest BCUT2D eigenvalue weighted by Crippen LogP contribution is 2.27. The molecule has 0 amide bonds. The second kappa shape index (κ2) is 4.85. The Bertz CT molecular complexity index is 763. The molecular weight excluding hydrogens is 246 g/mol. The fourth-order valence-corrected chi connectivity index (χ4v) is 2.27. The van der Waals surface area contributed by atoms with Crippen LogP contribution in [0, 0.1) is 0 Å². The summed E-state index contributed by atoms with van der Waals surface area (Å²) in [5.74, 6) is 0. The van der Waals surface area contributed by atoms with E-state index in [0.717, 1.165) is 27.8 Å². The fourth-order valence-electron chi connectivity index (χ4n) is 2.27. The van der Waals surface area contributed by atoms with Gasteiger partial charge in [-0.1, -0.05) is 24.3 Å². The minimum absolute atomic E-state index is 0.754. The number of fused-ring (bicyclic) bond motifs is 1. The molecule has 3 rings (SSSR count). The van der Waals surface area contributed by atoms with Crippen LogP contribution in [0.4, 0.5) is 11.4 Å². The third-order valence-electron chi connectivity index (χ3n) is 3.43. The number of rotatable bonds is 2. The summed E-state index contributed by atoms with van der Waals surface area (Å²) < 4.78 is 0. The normalized spacial score (nSPS) is 10.7. The summed E-state index contributed by atoms with van der Waals surface area (Å²) >= 11 is 0. The average Bonchev–Trinajstić information content (AvgIpc) is 2.46. The molecule has 0 radical (unpaired) electrons. The third kappa shape index (κ3) is 2.18. The van der Waals surface area contributed by atoms with Crippen molar-refractivity contribution in [1.29, 1.82) is 0 Å². The number of hydrogen-bond donors (Lipinski definition) is 1. The zero-order chi connectivity index (χ0) is 14.1. The van der Waals surface area contributed by atoms with E-state index in [-0.39, 0.29) is 0 Å². The minimum Gasteiger partial charge on any atom is -0.398 e. The van der Waals surface area contributed by atoms with Crippen LogP contribution in [-0.4, -0.2) is 19.1 Å². The quantitative estimate of drug-likeness (QED) is 0.719. The van der Waals surface area contributed by atoms with E-state index in [0.29, 0.717) is 0 Å². The smallest absolute Gasteiger partial charge is 0.0730 e. The van der Waals surface area contributed by atoms with E-state index in [4.69, 9.17) is 10.7 Å². The van der Waals surface area contributed by atoms with Crippen LogP contribution >= 0.6 is 0 Å². The molecule has 1 heterocycles. The zero-order valence-electron chi connectivity index (χ0n) is 11.7. The molecular formula is C17H17N3. The van der Waals surface area contributed by atoms with Crippen molar-refractivity contribution in [3.05, 3.63) is 54.6 Å². The van der Waals surface area contributed by atoms with Crippen molar-refractivity contribution in [2.75, 3.05) is 24.7 Å². The van der Waals surface area contributed by atoms with Gasteiger partial charge in [-0.25, -0.2) is 4.98 Å². The van der Waals surface area contributed by atoms with Gasteiger partial charge in [-0.05, 0) is 30.3 Å². The number of anilines is 2. The Morgan fingerprint density at radius 2 is 1.75 bits per heavy atom. The molecule has 3 heteroatoms. The topological polar surface area (TPSA) is 42.2 Å². The second-order valence-electron chi connectivity index (χ2n) is 5.06. The Labute approximate surface area is 118 Å². The van der Waals surface area contributed by atoms with Crippen molar-refractivity contribution < 1.29 is 0 Å². The van der Waals surface area contributed by atoms with E-state index in [1.54, 1.807) is 0 Å². The van der Waals surface area contributed by atoms with E-state index in [9.17, 15) is 0 Å². The number of aromatic nitrogens is 1. The lowest BCUT2D eigenvalue weighted by Gasteiger charge is -2.13. The van der Waals surface area contributed by atoms with Crippen molar-refractivity contribution in [2.24, 2.45) is 0 Å². The first kappa shape index (κ1) is 12.5.